The van der Waals surface area contributed by atoms with Gasteiger partial charge in [0, 0.05) is 35.7 Å². The van der Waals surface area contributed by atoms with Crippen LogP contribution in [0.15, 0.2) is 36.9 Å². The summed E-state index contributed by atoms with van der Waals surface area (Å²) < 4.78 is 0. The minimum atomic E-state index is -0.461. The number of benzene rings is 1. The Morgan fingerprint density at radius 1 is 1.36 bits per heavy atom. The van der Waals surface area contributed by atoms with Gasteiger partial charge in [-0.3, -0.25) is 4.79 Å². The van der Waals surface area contributed by atoms with Crippen LogP contribution >= 0.6 is 0 Å². The molecule has 4 rings (SSSR count). The molecular weight excluding hydrogens is 316 g/mol. The third-order valence-electron chi connectivity index (χ3n) is 6.03. The second-order valence-electron chi connectivity index (χ2n) is 7.13. The van der Waals surface area contributed by atoms with Crippen LogP contribution < -0.4 is 0 Å². The van der Waals surface area contributed by atoms with E-state index in [0.29, 0.717) is 6.54 Å². The Bertz CT molecular complexity index is 812. The summed E-state index contributed by atoms with van der Waals surface area (Å²) in [5.74, 6) is -0.748. The molecule has 1 aromatic carbocycles. The number of hydrogen-bond donors (Lipinski definition) is 3. The van der Waals surface area contributed by atoms with E-state index in [1.54, 1.807) is 6.08 Å². The van der Waals surface area contributed by atoms with Gasteiger partial charge in [-0.15, -0.1) is 6.58 Å². The van der Waals surface area contributed by atoms with E-state index in [-0.39, 0.29) is 37.0 Å². The van der Waals surface area contributed by atoms with E-state index >= 15 is 0 Å². The lowest BCUT2D eigenvalue weighted by Crippen LogP contribution is -2.52. The Labute approximate surface area is 147 Å². The molecule has 2 aliphatic rings. The molecule has 132 valence electrons. The molecule has 1 saturated heterocycles. The summed E-state index contributed by atoms with van der Waals surface area (Å²) in [7, 11) is 0. The van der Waals surface area contributed by atoms with Gasteiger partial charge in [0.15, 0.2) is 0 Å². The number of aliphatic hydroxyl groups is 2. The molecule has 1 amide bonds. The molecule has 5 nitrogen and oxygen atoms in total. The summed E-state index contributed by atoms with van der Waals surface area (Å²) >= 11 is 0. The van der Waals surface area contributed by atoms with Crippen molar-refractivity contribution >= 4 is 16.8 Å². The van der Waals surface area contributed by atoms with Crippen molar-refractivity contribution in [2.45, 2.75) is 18.9 Å². The molecule has 0 radical (unpaired) electrons. The van der Waals surface area contributed by atoms with Gasteiger partial charge in [-0.2, -0.15) is 0 Å². The Balaban J connectivity index is 1.78. The number of nitrogens with zero attached hydrogens (tertiary/aromatic N) is 1. The van der Waals surface area contributed by atoms with Gasteiger partial charge < -0.3 is 20.1 Å². The van der Waals surface area contributed by atoms with Crippen LogP contribution in [0.4, 0.5) is 0 Å². The number of piperidine rings is 1. The van der Waals surface area contributed by atoms with Crippen LogP contribution in [0.2, 0.25) is 0 Å². The summed E-state index contributed by atoms with van der Waals surface area (Å²) in [6.45, 7) is 4.25. The summed E-state index contributed by atoms with van der Waals surface area (Å²) in [5.41, 5.74) is 3.51. The number of aromatic amines is 1. The summed E-state index contributed by atoms with van der Waals surface area (Å²) in [5, 5.41) is 20.7. The second kappa shape index (κ2) is 6.32. The predicted octanol–water partition coefficient (Wildman–Crippen LogP) is 2.02. The van der Waals surface area contributed by atoms with Crippen LogP contribution in [-0.4, -0.2) is 45.8 Å². The zero-order valence-corrected chi connectivity index (χ0v) is 14.2. The third-order valence-corrected chi connectivity index (χ3v) is 6.03. The number of aliphatic hydroxyl groups excluding tert-OH is 2. The maximum absolute atomic E-state index is 13.0. The molecule has 5 heteroatoms. The number of hydrogen-bond acceptors (Lipinski definition) is 3. The Kier molecular flexibility index (Phi) is 4.13. The summed E-state index contributed by atoms with van der Waals surface area (Å²) in [6.07, 6.45) is 3.27. The monoisotopic (exact) mass is 340 g/mol. The molecule has 25 heavy (non-hydrogen) atoms. The zero-order valence-electron chi connectivity index (χ0n) is 14.2. The van der Waals surface area contributed by atoms with Crippen molar-refractivity contribution in [1.82, 2.24) is 9.88 Å². The molecule has 4 atom stereocenters. The van der Waals surface area contributed by atoms with E-state index < -0.39 is 5.92 Å². The van der Waals surface area contributed by atoms with Crippen LogP contribution in [0.5, 0.6) is 0 Å². The Morgan fingerprint density at radius 3 is 2.88 bits per heavy atom. The molecule has 3 N–H and O–H groups in total. The molecular formula is C20H24N2O3. The van der Waals surface area contributed by atoms with E-state index in [9.17, 15) is 15.0 Å². The van der Waals surface area contributed by atoms with Crippen molar-refractivity contribution in [3.05, 3.63) is 48.2 Å². The average Bonchev–Trinajstić information content (AvgIpc) is 3.02. The number of aromatic nitrogens is 1. The minimum absolute atomic E-state index is 0.00615. The molecule has 2 aliphatic heterocycles. The standard InChI is InChI=1S/C20H24N2O3/c1-2-12(10-23)15-9-18-19-14(13-5-3-4-6-17(13)21-19)7-8-22(18)20(25)16(15)11-24/h2-6,12,15-16,18,21,23-24H,1,7-11H2/t12?,15-,16+,18-/m0/s1. The van der Waals surface area contributed by atoms with Crippen molar-refractivity contribution in [3.8, 4) is 0 Å². The van der Waals surface area contributed by atoms with Crippen molar-refractivity contribution in [2.75, 3.05) is 19.8 Å². The zero-order chi connectivity index (χ0) is 17.6. The fourth-order valence-corrected chi connectivity index (χ4v) is 4.72. The largest absolute Gasteiger partial charge is 0.396 e. The highest BCUT2D eigenvalue weighted by Crippen LogP contribution is 2.45. The van der Waals surface area contributed by atoms with E-state index in [2.05, 4.69) is 23.7 Å². The van der Waals surface area contributed by atoms with Gasteiger partial charge >= 0.3 is 0 Å². The number of amides is 1. The smallest absolute Gasteiger partial charge is 0.228 e. The van der Waals surface area contributed by atoms with Gasteiger partial charge in [0.2, 0.25) is 5.91 Å². The third kappa shape index (κ3) is 2.41. The van der Waals surface area contributed by atoms with E-state index in [4.69, 9.17) is 0 Å². The first-order valence-corrected chi connectivity index (χ1v) is 8.93. The number of rotatable bonds is 4. The highest BCUT2D eigenvalue weighted by Gasteiger charge is 2.46. The number of fused-ring (bicyclic) bond motifs is 5. The van der Waals surface area contributed by atoms with E-state index in [1.807, 2.05) is 17.0 Å². The van der Waals surface area contributed by atoms with Gasteiger partial charge in [-0.05, 0) is 30.4 Å². The molecule has 1 fully saturated rings. The highest BCUT2D eigenvalue weighted by molar-refractivity contribution is 5.87. The first-order valence-electron chi connectivity index (χ1n) is 8.93. The van der Waals surface area contributed by atoms with Crippen LogP contribution in [0.3, 0.4) is 0 Å². The lowest BCUT2D eigenvalue weighted by molar-refractivity contribution is -0.150. The first kappa shape index (κ1) is 16.4. The normalized spacial score (nSPS) is 27.0. The SMILES string of the molecule is C=CC(CO)[C@@H]1C[C@H]2c3[nH]c4ccccc4c3CCN2C(=O)[C@@H]1CO. The van der Waals surface area contributed by atoms with Gasteiger partial charge in [0.25, 0.3) is 0 Å². The molecule has 0 spiro atoms. The minimum Gasteiger partial charge on any atom is -0.396 e. The van der Waals surface area contributed by atoms with Crippen LogP contribution in [-0.2, 0) is 11.2 Å². The second-order valence-corrected chi connectivity index (χ2v) is 7.13. The fourth-order valence-electron chi connectivity index (χ4n) is 4.72. The van der Waals surface area contributed by atoms with Crippen molar-refractivity contribution in [1.29, 1.82) is 0 Å². The molecule has 1 aromatic heterocycles. The summed E-state index contributed by atoms with van der Waals surface area (Å²) in [4.78, 5) is 18.4. The number of carbonyl (C=O) groups is 1. The molecule has 0 saturated carbocycles. The average molecular weight is 340 g/mol. The predicted molar refractivity (Wildman–Crippen MR) is 95.9 cm³/mol. The molecule has 0 bridgehead atoms. The van der Waals surface area contributed by atoms with Gasteiger partial charge in [0.05, 0.1) is 18.6 Å². The maximum Gasteiger partial charge on any atom is 0.228 e. The van der Waals surface area contributed by atoms with E-state index in [0.717, 1.165) is 24.1 Å². The van der Waals surface area contributed by atoms with Crippen LogP contribution in [0.1, 0.15) is 23.7 Å². The maximum atomic E-state index is 13.0. The van der Waals surface area contributed by atoms with Crippen molar-refractivity contribution < 1.29 is 15.0 Å². The topological polar surface area (TPSA) is 76.6 Å². The molecule has 0 aliphatic carbocycles. The van der Waals surface area contributed by atoms with Crippen LogP contribution in [0.25, 0.3) is 10.9 Å². The molecule has 2 aromatic rings. The van der Waals surface area contributed by atoms with Gasteiger partial charge in [-0.1, -0.05) is 24.3 Å². The lowest BCUT2D eigenvalue weighted by Gasteiger charge is -2.47. The molecule has 3 heterocycles. The Hall–Kier alpha value is -2.11. The van der Waals surface area contributed by atoms with E-state index in [1.165, 1.54) is 10.9 Å². The highest BCUT2D eigenvalue weighted by atomic mass is 16.3. The van der Waals surface area contributed by atoms with Crippen molar-refractivity contribution in [3.63, 3.8) is 0 Å². The lowest BCUT2D eigenvalue weighted by atomic mass is 9.72. The first-order chi connectivity index (χ1) is 12.2. The van der Waals surface area contributed by atoms with Gasteiger partial charge in [0.1, 0.15) is 0 Å². The fraction of sp³-hybridized carbons (Fsp3) is 0.450. The Morgan fingerprint density at radius 2 is 2.16 bits per heavy atom. The van der Waals surface area contributed by atoms with Gasteiger partial charge in [-0.25, -0.2) is 0 Å². The van der Waals surface area contributed by atoms with Crippen molar-refractivity contribution in [2.24, 2.45) is 17.8 Å². The quantitative estimate of drug-likeness (QED) is 0.745. The van der Waals surface area contributed by atoms with Crippen LogP contribution in [0, 0.1) is 17.8 Å². The number of nitrogens with one attached hydrogen (secondary N) is 1. The molecule has 1 unspecified atom stereocenters. The summed E-state index contributed by atoms with van der Waals surface area (Å²) in [6, 6.07) is 8.22. The number of para-hydroxylation sites is 1. The number of H-pyrrole nitrogens is 1. The number of carbonyl (C=O) groups excluding carboxylic acids is 1.